The van der Waals surface area contributed by atoms with Gasteiger partial charge in [0.2, 0.25) is 0 Å². The fraction of sp³-hybridized carbons (Fsp3) is 1.00. The van der Waals surface area contributed by atoms with Gasteiger partial charge in [-0.05, 0) is 36.5 Å². The summed E-state index contributed by atoms with van der Waals surface area (Å²) in [6.45, 7) is 9.71. The molecule has 1 aliphatic rings. The molecule has 96 valence electrons. The van der Waals surface area contributed by atoms with Gasteiger partial charge in [0, 0.05) is 0 Å². The highest BCUT2D eigenvalue weighted by molar-refractivity contribution is 4.74. The lowest BCUT2D eigenvalue weighted by Crippen LogP contribution is -2.15. The van der Waals surface area contributed by atoms with Crippen LogP contribution in [0.5, 0.6) is 0 Å². The van der Waals surface area contributed by atoms with E-state index in [0.717, 1.165) is 23.7 Å². The predicted molar refractivity (Wildman–Crippen MR) is 73.6 cm³/mol. The van der Waals surface area contributed by atoms with Crippen LogP contribution in [0.25, 0.3) is 0 Å². The summed E-state index contributed by atoms with van der Waals surface area (Å²) in [7, 11) is 0. The lowest BCUT2D eigenvalue weighted by Gasteiger charge is -2.26. The summed E-state index contributed by atoms with van der Waals surface area (Å²) >= 11 is 0. The van der Waals surface area contributed by atoms with Gasteiger partial charge in [-0.3, -0.25) is 0 Å². The lowest BCUT2D eigenvalue weighted by atomic mass is 9.80. The summed E-state index contributed by atoms with van der Waals surface area (Å²) in [6.07, 6.45) is 11.7. The summed E-state index contributed by atoms with van der Waals surface area (Å²) < 4.78 is 0. The zero-order valence-electron chi connectivity index (χ0n) is 12.0. The molecule has 0 heteroatoms. The molecule has 0 amide bonds. The Labute approximate surface area is 103 Å². The molecule has 0 saturated heterocycles. The van der Waals surface area contributed by atoms with E-state index >= 15 is 0 Å². The first-order chi connectivity index (χ1) is 7.67. The van der Waals surface area contributed by atoms with Crippen LogP contribution in [0, 0.1) is 23.7 Å². The van der Waals surface area contributed by atoms with E-state index in [2.05, 4.69) is 27.7 Å². The largest absolute Gasteiger partial charge is 0.0654 e. The van der Waals surface area contributed by atoms with Crippen molar-refractivity contribution in [1.29, 1.82) is 0 Å². The maximum absolute atomic E-state index is 2.51. The van der Waals surface area contributed by atoms with Crippen molar-refractivity contribution in [3.05, 3.63) is 0 Å². The zero-order valence-corrected chi connectivity index (χ0v) is 12.0. The molecule has 0 aromatic heterocycles. The van der Waals surface area contributed by atoms with Gasteiger partial charge in [0.15, 0.2) is 0 Å². The quantitative estimate of drug-likeness (QED) is 0.580. The molecule has 16 heavy (non-hydrogen) atoms. The highest BCUT2D eigenvalue weighted by Gasteiger charge is 2.23. The van der Waals surface area contributed by atoms with Crippen molar-refractivity contribution in [2.24, 2.45) is 23.7 Å². The second kappa shape index (κ2) is 7.35. The van der Waals surface area contributed by atoms with Gasteiger partial charge in [-0.2, -0.15) is 0 Å². The van der Waals surface area contributed by atoms with Crippen LogP contribution < -0.4 is 0 Å². The van der Waals surface area contributed by atoms with Gasteiger partial charge in [0.05, 0.1) is 0 Å². The van der Waals surface area contributed by atoms with Crippen molar-refractivity contribution in [1.82, 2.24) is 0 Å². The first-order valence-corrected chi connectivity index (χ1v) is 7.67. The minimum Gasteiger partial charge on any atom is -0.0654 e. The highest BCUT2D eigenvalue weighted by Crippen LogP contribution is 2.35. The van der Waals surface area contributed by atoms with Crippen LogP contribution in [0.4, 0.5) is 0 Å². The maximum Gasteiger partial charge on any atom is -0.0388 e. The second-order valence-corrected chi connectivity index (χ2v) is 6.31. The van der Waals surface area contributed by atoms with Crippen LogP contribution >= 0.6 is 0 Å². The molecule has 0 aromatic carbocycles. The molecule has 0 aromatic rings. The average molecular weight is 224 g/mol. The van der Waals surface area contributed by atoms with Crippen LogP contribution in [0.2, 0.25) is 0 Å². The maximum atomic E-state index is 2.51. The van der Waals surface area contributed by atoms with Crippen molar-refractivity contribution in [3.8, 4) is 0 Å². The minimum absolute atomic E-state index is 0.968. The van der Waals surface area contributed by atoms with Gasteiger partial charge in [0.25, 0.3) is 0 Å². The molecule has 1 aliphatic carbocycles. The number of rotatable bonds is 3. The fourth-order valence-corrected chi connectivity index (χ4v) is 3.65. The van der Waals surface area contributed by atoms with Crippen molar-refractivity contribution < 1.29 is 0 Å². The number of hydrogen-bond acceptors (Lipinski definition) is 0. The monoisotopic (exact) mass is 224 g/mol. The van der Waals surface area contributed by atoms with Crippen LogP contribution in [-0.2, 0) is 0 Å². The third-order valence-electron chi connectivity index (χ3n) is 4.75. The molecule has 0 nitrogen and oxygen atoms in total. The van der Waals surface area contributed by atoms with Gasteiger partial charge in [-0.15, -0.1) is 0 Å². The Balaban J connectivity index is 2.57. The van der Waals surface area contributed by atoms with E-state index in [9.17, 15) is 0 Å². The van der Waals surface area contributed by atoms with E-state index in [0.29, 0.717) is 0 Å². The second-order valence-electron chi connectivity index (χ2n) is 6.31. The third-order valence-corrected chi connectivity index (χ3v) is 4.75. The summed E-state index contributed by atoms with van der Waals surface area (Å²) in [5.41, 5.74) is 0. The Hall–Kier alpha value is 0. The molecule has 1 saturated carbocycles. The predicted octanol–water partition coefficient (Wildman–Crippen LogP) is 5.67. The fourth-order valence-electron chi connectivity index (χ4n) is 3.65. The van der Waals surface area contributed by atoms with Crippen molar-refractivity contribution in [3.63, 3.8) is 0 Å². The normalized spacial score (nSPS) is 37.5. The molecule has 0 bridgehead atoms. The summed E-state index contributed by atoms with van der Waals surface area (Å²) in [4.78, 5) is 0. The standard InChI is InChI=1S/C16H32/c1-5-8-16-10-7-9-13(3)11-15(6-2)12-14(16)4/h13-16H,5-12H2,1-4H3. The molecule has 0 heterocycles. The highest BCUT2D eigenvalue weighted by atomic mass is 14.3. The van der Waals surface area contributed by atoms with Gasteiger partial charge in [-0.25, -0.2) is 0 Å². The topological polar surface area (TPSA) is 0 Å². The van der Waals surface area contributed by atoms with E-state index in [4.69, 9.17) is 0 Å². The van der Waals surface area contributed by atoms with Crippen molar-refractivity contribution >= 4 is 0 Å². The van der Waals surface area contributed by atoms with Crippen LogP contribution in [0.3, 0.4) is 0 Å². The van der Waals surface area contributed by atoms with Gasteiger partial charge < -0.3 is 0 Å². The molecule has 0 aliphatic heterocycles. The minimum atomic E-state index is 0.968. The van der Waals surface area contributed by atoms with Crippen LogP contribution in [-0.4, -0.2) is 0 Å². The molecule has 1 rings (SSSR count). The number of hydrogen-bond donors (Lipinski definition) is 0. The zero-order chi connectivity index (χ0) is 12.0. The average Bonchev–Trinajstić information content (AvgIpc) is 2.31. The van der Waals surface area contributed by atoms with E-state index in [1.54, 1.807) is 0 Å². The SMILES string of the molecule is CCCC1CCCC(C)CC(CC)CC1C. The van der Waals surface area contributed by atoms with Crippen molar-refractivity contribution in [2.45, 2.75) is 79.1 Å². The van der Waals surface area contributed by atoms with Gasteiger partial charge in [-0.1, -0.05) is 66.2 Å². The Morgan fingerprint density at radius 1 is 1.00 bits per heavy atom. The van der Waals surface area contributed by atoms with Crippen LogP contribution in [0.1, 0.15) is 79.1 Å². The molecule has 1 fully saturated rings. The molecule has 0 radical (unpaired) electrons. The molecule has 0 spiro atoms. The molecule has 4 unspecified atom stereocenters. The Morgan fingerprint density at radius 2 is 1.75 bits per heavy atom. The van der Waals surface area contributed by atoms with Gasteiger partial charge in [0.1, 0.15) is 0 Å². The molecular formula is C16H32. The van der Waals surface area contributed by atoms with E-state index in [1.165, 1.54) is 51.4 Å². The Bertz CT molecular complexity index is 173. The molecule has 0 N–H and O–H groups in total. The van der Waals surface area contributed by atoms with Gasteiger partial charge >= 0.3 is 0 Å². The molecule has 4 atom stereocenters. The Kier molecular flexibility index (Phi) is 6.46. The van der Waals surface area contributed by atoms with E-state index in [-0.39, 0.29) is 0 Å². The summed E-state index contributed by atoms with van der Waals surface area (Å²) in [6, 6.07) is 0. The molecular weight excluding hydrogens is 192 g/mol. The van der Waals surface area contributed by atoms with E-state index < -0.39 is 0 Å². The smallest absolute Gasteiger partial charge is 0.0388 e. The van der Waals surface area contributed by atoms with E-state index in [1.807, 2.05) is 0 Å². The summed E-state index contributed by atoms with van der Waals surface area (Å²) in [5.74, 6) is 3.96. The van der Waals surface area contributed by atoms with Crippen molar-refractivity contribution in [2.75, 3.05) is 0 Å². The first-order valence-electron chi connectivity index (χ1n) is 7.67. The van der Waals surface area contributed by atoms with Crippen LogP contribution in [0.15, 0.2) is 0 Å². The first kappa shape index (κ1) is 14.1. The lowest BCUT2D eigenvalue weighted by molar-refractivity contribution is 0.252. The summed E-state index contributed by atoms with van der Waals surface area (Å²) in [5, 5.41) is 0. The Morgan fingerprint density at radius 3 is 2.38 bits per heavy atom. The third kappa shape index (κ3) is 4.47.